The molecular weight excluding hydrogens is 405 g/mol. The molecule has 5 aromatic rings. The lowest BCUT2D eigenvalue weighted by Gasteiger charge is -2.08. The zero-order valence-electron chi connectivity index (χ0n) is 16.0. The number of fused-ring (bicyclic) bond motifs is 1. The van der Waals surface area contributed by atoms with Crippen molar-refractivity contribution in [3.63, 3.8) is 0 Å². The van der Waals surface area contributed by atoms with Crippen LogP contribution in [0.4, 0.5) is 13.2 Å². The molecule has 0 radical (unpaired) electrons. The Morgan fingerprint density at radius 3 is 2.45 bits per heavy atom. The van der Waals surface area contributed by atoms with Crippen molar-refractivity contribution in [3.05, 3.63) is 85.1 Å². The van der Waals surface area contributed by atoms with E-state index in [2.05, 4.69) is 19.9 Å². The predicted molar refractivity (Wildman–Crippen MR) is 110 cm³/mol. The van der Waals surface area contributed by atoms with E-state index in [0.29, 0.717) is 16.9 Å². The van der Waals surface area contributed by atoms with Crippen molar-refractivity contribution in [2.45, 2.75) is 6.61 Å². The van der Waals surface area contributed by atoms with Crippen LogP contribution in [0.3, 0.4) is 0 Å². The van der Waals surface area contributed by atoms with E-state index in [1.807, 2.05) is 22.7 Å². The molecule has 0 saturated carbocycles. The number of H-pyrrole nitrogens is 1. The van der Waals surface area contributed by atoms with Crippen molar-refractivity contribution in [1.82, 2.24) is 19.6 Å². The van der Waals surface area contributed by atoms with Gasteiger partial charge in [0.2, 0.25) is 0 Å². The molecule has 0 saturated heterocycles. The number of aromatic nitrogens is 4. The molecular formula is C23H15F3N4O. The summed E-state index contributed by atoms with van der Waals surface area (Å²) in [5.74, 6) is -0.271. The van der Waals surface area contributed by atoms with Gasteiger partial charge in [-0.15, -0.1) is 0 Å². The highest BCUT2D eigenvalue weighted by Crippen LogP contribution is 2.33. The quantitative estimate of drug-likeness (QED) is 0.391. The average molecular weight is 420 g/mol. The molecule has 3 aromatic heterocycles. The van der Waals surface area contributed by atoms with Gasteiger partial charge >= 0.3 is 6.61 Å². The maximum Gasteiger partial charge on any atom is 0.387 e. The summed E-state index contributed by atoms with van der Waals surface area (Å²) >= 11 is 0. The first-order valence-electron chi connectivity index (χ1n) is 9.41. The van der Waals surface area contributed by atoms with E-state index in [1.165, 1.54) is 18.2 Å². The molecule has 0 aliphatic rings. The molecule has 154 valence electrons. The third kappa shape index (κ3) is 3.52. The van der Waals surface area contributed by atoms with Gasteiger partial charge in [-0.1, -0.05) is 12.1 Å². The number of imidazole rings is 1. The number of nitrogens with zero attached hydrogens (tertiary/aromatic N) is 3. The normalized spacial score (nSPS) is 11.4. The first kappa shape index (κ1) is 18.9. The Bertz CT molecular complexity index is 1360. The number of hydrogen-bond acceptors (Lipinski definition) is 3. The minimum atomic E-state index is -2.87. The van der Waals surface area contributed by atoms with Gasteiger partial charge in [0, 0.05) is 34.6 Å². The Morgan fingerprint density at radius 1 is 0.903 bits per heavy atom. The maximum atomic E-state index is 14.3. The second-order valence-corrected chi connectivity index (χ2v) is 6.82. The van der Waals surface area contributed by atoms with Crippen LogP contribution in [0, 0.1) is 5.82 Å². The number of benzene rings is 2. The van der Waals surface area contributed by atoms with Crippen molar-refractivity contribution in [1.29, 1.82) is 0 Å². The molecule has 8 heteroatoms. The number of aromatic amines is 1. The zero-order valence-corrected chi connectivity index (χ0v) is 16.0. The SMILES string of the molecule is Fc1ccccc1-c1n[nH]cc1-c1ccc2ncc(-c3ccc(OC(F)F)cc3)n2c1. The predicted octanol–water partition coefficient (Wildman–Crippen LogP) is 5.80. The molecule has 5 nitrogen and oxygen atoms in total. The van der Waals surface area contributed by atoms with Gasteiger partial charge in [-0.05, 0) is 48.5 Å². The second-order valence-electron chi connectivity index (χ2n) is 6.82. The summed E-state index contributed by atoms with van der Waals surface area (Å²) in [4.78, 5) is 4.41. The average Bonchev–Trinajstić information content (AvgIpc) is 3.41. The molecule has 0 spiro atoms. The van der Waals surface area contributed by atoms with Crippen molar-refractivity contribution >= 4 is 5.65 Å². The lowest BCUT2D eigenvalue weighted by Crippen LogP contribution is -2.01. The highest BCUT2D eigenvalue weighted by Gasteiger charge is 2.15. The van der Waals surface area contributed by atoms with Crippen LogP contribution in [-0.4, -0.2) is 26.2 Å². The van der Waals surface area contributed by atoms with Crippen molar-refractivity contribution in [2.75, 3.05) is 0 Å². The monoisotopic (exact) mass is 420 g/mol. The molecule has 0 fully saturated rings. The van der Waals surface area contributed by atoms with Gasteiger partial charge in [0.25, 0.3) is 0 Å². The molecule has 2 aromatic carbocycles. The van der Waals surface area contributed by atoms with Gasteiger partial charge < -0.3 is 4.74 Å². The van der Waals surface area contributed by atoms with Crippen LogP contribution in [-0.2, 0) is 0 Å². The fourth-order valence-corrected chi connectivity index (χ4v) is 3.53. The van der Waals surface area contributed by atoms with E-state index in [0.717, 1.165) is 22.4 Å². The number of nitrogens with one attached hydrogen (secondary N) is 1. The first-order valence-corrected chi connectivity index (χ1v) is 9.41. The molecule has 0 aliphatic carbocycles. The number of pyridine rings is 1. The minimum absolute atomic E-state index is 0.0844. The Kier molecular flexibility index (Phi) is 4.66. The molecule has 5 rings (SSSR count). The van der Waals surface area contributed by atoms with Gasteiger partial charge in [-0.25, -0.2) is 9.37 Å². The van der Waals surface area contributed by atoms with Crippen LogP contribution in [0.5, 0.6) is 5.75 Å². The van der Waals surface area contributed by atoms with Crippen LogP contribution < -0.4 is 4.74 Å². The van der Waals surface area contributed by atoms with Crippen molar-refractivity contribution < 1.29 is 17.9 Å². The lowest BCUT2D eigenvalue weighted by molar-refractivity contribution is -0.0498. The summed E-state index contributed by atoms with van der Waals surface area (Å²) in [7, 11) is 0. The number of alkyl halides is 2. The van der Waals surface area contributed by atoms with E-state index in [-0.39, 0.29) is 11.6 Å². The fraction of sp³-hybridized carbons (Fsp3) is 0.0435. The van der Waals surface area contributed by atoms with Crippen LogP contribution in [0.1, 0.15) is 0 Å². The van der Waals surface area contributed by atoms with Crippen molar-refractivity contribution in [2.24, 2.45) is 0 Å². The van der Waals surface area contributed by atoms with Crippen LogP contribution in [0.25, 0.3) is 39.3 Å². The summed E-state index contributed by atoms with van der Waals surface area (Å²) < 4.78 is 45.4. The zero-order chi connectivity index (χ0) is 21.4. The van der Waals surface area contributed by atoms with E-state index in [1.54, 1.807) is 42.7 Å². The molecule has 0 aliphatic heterocycles. The third-order valence-corrected chi connectivity index (χ3v) is 4.96. The molecule has 0 amide bonds. The fourth-order valence-electron chi connectivity index (χ4n) is 3.53. The third-order valence-electron chi connectivity index (χ3n) is 4.96. The Morgan fingerprint density at radius 2 is 1.68 bits per heavy atom. The van der Waals surface area contributed by atoms with Gasteiger partial charge in [-0.3, -0.25) is 9.50 Å². The standard InChI is InChI=1S/C23H15F3N4O/c24-19-4-2-1-3-17(19)22-18(11-28-29-22)15-7-10-21-27-12-20(30(21)13-15)14-5-8-16(9-6-14)31-23(25)26/h1-13,23H,(H,28,29). The van der Waals surface area contributed by atoms with Gasteiger partial charge in [0.15, 0.2) is 0 Å². The smallest absolute Gasteiger partial charge is 0.387 e. The second kappa shape index (κ2) is 7.64. The molecule has 1 N–H and O–H groups in total. The summed E-state index contributed by atoms with van der Waals surface area (Å²) in [5, 5.41) is 7.06. The minimum Gasteiger partial charge on any atom is -0.435 e. The number of hydrogen-bond donors (Lipinski definition) is 1. The van der Waals surface area contributed by atoms with Crippen molar-refractivity contribution in [3.8, 4) is 39.4 Å². The molecule has 31 heavy (non-hydrogen) atoms. The lowest BCUT2D eigenvalue weighted by atomic mass is 10.0. The van der Waals surface area contributed by atoms with Crippen LogP contribution >= 0.6 is 0 Å². The number of rotatable bonds is 5. The largest absolute Gasteiger partial charge is 0.435 e. The van der Waals surface area contributed by atoms with E-state index >= 15 is 0 Å². The highest BCUT2D eigenvalue weighted by molar-refractivity contribution is 5.81. The van der Waals surface area contributed by atoms with E-state index < -0.39 is 6.61 Å². The summed E-state index contributed by atoms with van der Waals surface area (Å²) in [6.45, 7) is -2.87. The Hall–Kier alpha value is -4.07. The molecule has 3 heterocycles. The topological polar surface area (TPSA) is 55.2 Å². The van der Waals surface area contributed by atoms with E-state index in [9.17, 15) is 13.2 Å². The number of ether oxygens (including phenoxy) is 1. The first-order chi connectivity index (χ1) is 15.1. The van der Waals surface area contributed by atoms with Crippen LogP contribution in [0.2, 0.25) is 0 Å². The summed E-state index contributed by atoms with van der Waals surface area (Å²) in [6.07, 6.45) is 5.31. The molecule has 0 bridgehead atoms. The number of halogens is 3. The highest BCUT2D eigenvalue weighted by atomic mass is 19.3. The Labute approximate surface area is 174 Å². The van der Waals surface area contributed by atoms with Crippen LogP contribution in [0.15, 0.2) is 79.3 Å². The Balaban J connectivity index is 1.57. The molecule has 0 atom stereocenters. The van der Waals surface area contributed by atoms with Gasteiger partial charge in [-0.2, -0.15) is 13.9 Å². The summed E-state index contributed by atoms with van der Waals surface area (Å²) in [6, 6.07) is 16.6. The van der Waals surface area contributed by atoms with E-state index in [4.69, 9.17) is 0 Å². The van der Waals surface area contributed by atoms with Gasteiger partial charge in [0.1, 0.15) is 22.9 Å². The molecule has 0 unspecified atom stereocenters. The maximum absolute atomic E-state index is 14.3. The summed E-state index contributed by atoms with van der Waals surface area (Å²) in [5.41, 5.74) is 4.74. The van der Waals surface area contributed by atoms with Gasteiger partial charge in [0.05, 0.1) is 11.9 Å².